The van der Waals surface area contributed by atoms with E-state index in [9.17, 15) is 10.1 Å². The first kappa shape index (κ1) is 16.4. The molecule has 0 amide bonds. The van der Waals surface area contributed by atoms with E-state index in [1.807, 2.05) is 19.1 Å². The van der Waals surface area contributed by atoms with Gasteiger partial charge in [0.25, 0.3) is 5.69 Å². The third-order valence-corrected chi connectivity index (χ3v) is 3.06. The summed E-state index contributed by atoms with van der Waals surface area (Å²) in [5.74, 6) is 0.680. The highest BCUT2D eigenvalue weighted by Gasteiger charge is 2.03. The van der Waals surface area contributed by atoms with Crippen molar-refractivity contribution < 1.29 is 14.8 Å². The number of aliphatic hydroxyl groups is 1. The molecule has 0 heterocycles. The highest BCUT2D eigenvalue weighted by atomic mass is 16.6. The number of hydrogen-bond acceptors (Lipinski definition) is 6. The molecule has 0 radical (unpaired) electrons. The molecule has 0 aliphatic carbocycles. The van der Waals surface area contributed by atoms with E-state index in [0.29, 0.717) is 11.4 Å². The van der Waals surface area contributed by atoms with Crippen LogP contribution >= 0.6 is 0 Å². The number of rotatable bonds is 7. The summed E-state index contributed by atoms with van der Waals surface area (Å²) in [5.41, 5.74) is 5.23. The lowest BCUT2D eigenvalue weighted by molar-refractivity contribution is -0.384. The summed E-state index contributed by atoms with van der Waals surface area (Å²) in [6, 6.07) is 13.4. The number of non-ortho nitro benzene ring substituents is 1. The van der Waals surface area contributed by atoms with Gasteiger partial charge in [0.2, 0.25) is 0 Å². The molecule has 0 unspecified atom stereocenters. The van der Waals surface area contributed by atoms with Gasteiger partial charge in [-0.3, -0.25) is 15.5 Å². The van der Waals surface area contributed by atoms with Gasteiger partial charge >= 0.3 is 0 Å². The van der Waals surface area contributed by atoms with E-state index in [1.54, 1.807) is 24.3 Å². The molecular weight excluding hydrogens is 298 g/mol. The molecule has 0 aliphatic rings. The van der Waals surface area contributed by atoms with E-state index in [-0.39, 0.29) is 18.9 Å². The molecule has 2 rings (SSSR count). The zero-order chi connectivity index (χ0) is 16.7. The number of anilines is 1. The minimum absolute atomic E-state index is 0.0264. The molecule has 7 nitrogen and oxygen atoms in total. The second-order valence-electron chi connectivity index (χ2n) is 4.71. The van der Waals surface area contributed by atoms with Gasteiger partial charge in [0.05, 0.1) is 22.9 Å². The van der Waals surface area contributed by atoms with Crippen LogP contribution in [0.25, 0.3) is 0 Å². The van der Waals surface area contributed by atoms with Crippen molar-refractivity contribution >= 4 is 17.1 Å². The molecule has 2 N–H and O–H groups in total. The topological polar surface area (TPSA) is 97.0 Å². The summed E-state index contributed by atoms with van der Waals surface area (Å²) >= 11 is 0. The van der Waals surface area contributed by atoms with Gasteiger partial charge in [-0.15, -0.1) is 0 Å². The van der Waals surface area contributed by atoms with Crippen molar-refractivity contribution in [2.45, 2.75) is 6.92 Å². The van der Waals surface area contributed by atoms with Crippen LogP contribution < -0.4 is 10.2 Å². The molecular formula is C16H17N3O4. The Morgan fingerprint density at radius 2 is 1.87 bits per heavy atom. The summed E-state index contributed by atoms with van der Waals surface area (Å²) in [7, 11) is 0. The van der Waals surface area contributed by atoms with E-state index in [2.05, 4.69) is 10.5 Å². The molecule has 2 aromatic rings. The Kier molecular flexibility index (Phi) is 5.65. The summed E-state index contributed by atoms with van der Waals surface area (Å²) in [4.78, 5) is 10.1. The van der Waals surface area contributed by atoms with Gasteiger partial charge in [0.1, 0.15) is 12.4 Å². The molecule has 0 aromatic heterocycles. The lowest BCUT2D eigenvalue weighted by Gasteiger charge is -2.06. The molecule has 0 bridgehead atoms. The molecule has 120 valence electrons. The fraction of sp³-hybridized carbons (Fsp3) is 0.188. The van der Waals surface area contributed by atoms with Gasteiger partial charge < -0.3 is 9.84 Å². The maximum atomic E-state index is 10.6. The van der Waals surface area contributed by atoms with Crippen LogP contribution in [0.15, 0.2) is 53.6 Å². The van der Waals surface area contributed by atoms with Crippen molar-refractivity contribution in [1.82, 2.24) is 0 Å². The Labute approximate surface area is 133 Å². The number of nitro benzene ring substituents is 1. The van der Waals surface area contributed by atoms with Gasteiger partial charge in [0.15, 0.2) is 0 Å². The van der Waals surface area contributed by atoms with E-state index >= 15 is 0 Å². The third-order valence-electron chi connectivity index (χ3n) is 3.06. The predicted octanol–water partition coefficient (Wildman–Crippen LogP) is 2.80. The highest BCUT2D eigenvalue weighted by molar-refractivity contribution is 5.99. The van der Waals surface area contributed by atoms with Crippen LogP contribution in [0.4, 0.5) is 11.4 Å². The average Bonchev–Trinajstić information content (AvgIpc) is 2.58. The van der Waals surface area contributed by atoms with Crippen LogP contribution in [0.2, 0.25) is 0 Å². The maximum absolute atomic E-state index is 10.6. The van der Waals surface area contributed by atoms with E-state index in [1.165, 1.54) is 12.1 Å². The lowest BCUT2D eigenvalue weighted by Crippen LogP contribution is -2.03. The Morgan fingerprint density at radius 1 is 1.22 bits per heavy atom. The zero-order valence-corrected chi connectivity index (χ0v) is 12.6. The van der Waals surface area contributed by atoms with Gasteiger partial charge in [-0.25, -0.2) is 0 Å². The van der Waals surface area contributed by atoms with Crippen LogP contribution in [-0.4, -0.2) is 29.0 Å². The molecule has 2 aromatic carbocycles. The van der Waals surface area contributed by atoms with Crippen LogP contribution in [0.1, 0.15) is 12.5 Å². The second kappa shape index (κ2) is 7.90. The maximum Gasteiger partial charge on any atom is 0.269 e. The number of ether oxygens (including phenoxy) is 1. The highest BCUT2D eigenvalue weighted by Crippen LogP contribution is 2.16. The number of hydrogen-bond donors (Lipinski definition) is 2. The van der Waals surface area contributed by atoms with Crippen molar-refractivity contribution in [2.24, 2.45) is 5.10 Å². The summed E-state index contributed by atoms with van der Waals surface area (Å²) in [6.07, 6.45) is 0. The standard InChI is InChI=1S/C16H17N3O4/c1-12(13-2-8-16(9-3-13)23-11-10-20)17-18-14-4-6-15(7-5-14)19(21)22/h2-9,18,20H,10-11H2,1H3/b17-12+. The molecule has 0 fully saturated rings. The smallest absolute Gasteiger partial charge is 0.269 e. The number of aliphatic hydroxyl groups excluding tert-OH is 1. The first-order valence-corrected chi connectivity index (χ1v) is 6.99. The molecule has 0 spiro atoms. The first-order valence-electron chi connectivity index (χ1n) is 6.99. The lowest BCUT2D eigenvalue weighted by atomic mass is 10.1. The Bertz CT molecular complexity index is 681. The van der Waals surface area contributed by atoms with Crippen LogP contribution in [-0.2, 0) is 0 Å². The molecule has 7 heteroatoms. The van der Waals surface area contributed by atoms with E-state index in [4.69, 9.17) is 9.84 Å². The van der Waals surface area contributed by atoms with Crippen molar-refractivity contribution in [2.75, 3.05) is 18.6 Å². The SMILES string of the molecule is C/C(=N\Nc1ccc([N+](=O)[O-])cc1)c1ccc(OCCO)cc1. The van der Waals surface area contributed by atoms with Crippen molar-refractivity contribution in [3.8, 4) is 5.75 Å². The van der Waals surface area contributed by atoms with E-state index in [0.717, 1.165) is 11.3 Å². The van der Waals surface area contributed by atoms with Crippen molar-refractivity contribution in [1.29, 1.82) is 0 Å². The van der Waals surface area contributed by atoms with Gasteiger partial charge in [-0.1, -0.05) is 0 Å². The zero-order valence-electron chi connectivity index (χ0n) is 12.6. The number of nitrogens with zero attached hydrogens (tertiary/aromatic N) is 2. The van der Waals surface area contributed by atoms with E-state index < -0.39 is 4.92 Å². The summed E-state index contributed by atoms with van der Waals surface area (Å²) < 4.78 is 5.29. The van der Waals surface area contributed by atoms with Crippen LogP contribution in [0, 0.1) is 10.1 Å². The van der Waals surface area contributed by atoms with Gasteiger partial charge in [0, 0.05) is 12.1 Å². The largest absolute Gasteiger partial charge is 0.491 e. The quantitative estimate of drug-likeness (QED) is 0.465. The normalized spacial score (nSPS) is 11.1. The monoisotopic (exact) mass is 315 g/mol. The molecule has 0 atom stereocenters. The number of benzene rings is 2. The van der Waals surface area contributed by atoms with Crippen LogP contribution in [0.5, 0.6) is 5.75 Å². The van der Waals surface area contributed by atoms with Gasteiger partial charge in [-0.2, -0.15) is 5.10 Å². The summed E-state index contributed by atoms with van der Waals surface area (Å²) in [5, 5.41) is 23.5. The van der Waals surface area contributed by atoms with Crippen molar-refractivity contribution in [3.05, 3.63) is 64.2 Å². The minimum Gasteiger partial charge on any atom is -0.491 e. The first-order chi connectivity index (χ1) is 11.1. The number of nitro groups is 1. The number of hydrazone groups is 1. The van der Waals surface area contributed by atoms with Crippen LogP contribution in [0.3, 0.4) is 0 Å². The molecule has 0 aliphatic heterocycles. The minimum atomic E-state index is -0.446. The molecule has 0 saturated carbocycles. The fourth-order valence-electron chi connectivity index (χ4n) is 1.83. The molecule has 0 saturated heterocycles. The predicted molar refractivity (Wildman–Crippen MR) is 88.0 cm³/mol. The Hall–Kier alpha value is -2.93. The third kappa shape index (κ3) is 4.79. The fourth-order valence-corrected chi connectivity index (χ4v) is 1.83. The van der Waals surface area contributed by atoms with Gasteiger partial charge in [-0.05, 0) is 48.9 Å². The average molecular weight is 315 g/mol. The molecule has 23 heavy (non-hydrogen) atoms. The Balaban J connectivity index is 2.00. The Morgan fingerprint density at radius 3 is 2.43 bits per heavy atom. The number of nitrogens with one attached hydrogen (secondary N) is 1. The summed E-state index contributed by atoms with van der Waals surface area (Å²) in [6.45, 7) is 2.08. The second-order valence-corrected chi connectivity index (χ2v) is 4.71. The van der Waals surface area contributed by atoms with Crippen molar-refractivity contribution in [3.63, 3.8) is 0 Å².